The quantitative estimate of drug-likeness (QED) is 0.265. The summed E-state index contributed by atoms with van der Waals surface area (Å²) in [6.07, 6.45) is 7.56. The standard InChI is InChI=1S/C17H32N4O2.HI/c1-20(2)16(22)12-18-17(19-15-6-4-5-7-15)21(3)10-11-23-13-14-8-9-14;/h14-15H,4-13H2,1-3H3,(H,18,19);1H. The average Bonchev–Trinajstić information content (AvgIpc) is 3.21. The van der Waals surface area contributed by atoms with Gasteiger partial charge in [0, 0.05) is 40.3 Å². The highest BCUT2D eigenvalue weighted by molar-refractivity contribution is 14.0. The summed E-state index contributed by atoms with van der Waals surface area (Å²) >= 11 is 0. The Bertz CT molecular complexity index is 407. The van der Waals surface area contributed by atoms with Crippen LogP contribution in [0.1, 0.15) is 38.5 Å². The van der Waals surface area contributed by atoms with E-state index in [1.165, 1.54) is 38.5 Å². The van der Waals surface area contributed by atoms with Crippen molar-refractivity contribution in [3.8, 4) is 0 Å². The van der Waals surface area contributed by atoms with Gasteiger partial charge < -0.3 is 19.9 Å². The number of guanidine groups is 1. The first-order chi connectivity index (χ1) is 11.1. The Labute approximate surface area is 163 Å². The predicted molar refractivity (Wildman–Crippen MR) is 108 cm³/mol. The van der Waals surface area contributed by atoms with Crippen LogP contribution in [0.5, 0.6) is 0 Å². The van der Waals surface area contributed by atoms with Gasteiger partial charge in [-0.1, -0.05) is 12.8 Å². The zero-order chi connectivity index (χ0) is 16.7. The third-order valence-electron chi connectivity index (χ3n) is 4.53. The second kappa shape index (κ2) is 11.1. The van der Waals surface area contributed by atoms with E-state index in [1.807, 2.05) is 7.05 Å². The number of nitrogens with zero attached hydrogens (tertiary/aromatic N) is 3. The molecule has 1 N–H and O–H groups in total. The lowest BCUT2D eigenvalue weighted by Gasteiger charge is -2.25. The van der Waals surface area contributed by atoms with Crippen molar-refractivity contribution in [1.29, 1.82) is 0 Å². The van der Waals surface area contributed by atoms with Crippen LogP contribution in [0.3, 0.4) is 0 Å². The Morgan fingerprint density at radius 2 is 1.83 bits per heavy atom. The minimum absolute atomic E-state index is 0. The smallest absolute Gasteiger partial charge is 0.243 e. The Morgan fingerprint density at radius 1 is 1.17 bits per heavy atom. The topological polar surface area (TPSA) is 57.2 Å². The van der Waals surface area contributed by atoms with Crippen molar-refractivity contribution in [2.75, 3.05) is 47.4 Å². The fourth-order valence-corrected chi connectivity index (χ4v) is 2.66. The van der Waals surface area contributed by atoms with Crippen LogP contribution in [0, 0.1) is 5.92 Å². The van der Waals surface area contributed by atoms with E-state index in [2.05, 4.69) is 15.2 Å². The molecule has 0 aliphatic heterocycles. The van der Waals surface area contributed by atoms with Crippen LogP contribution in [0.25, 0.3) is 0 Å². The first-order valence-electron chi connectivity index (χ1n) is 8.86. The molecule has 7 heteroatoms. The largest absolute Gasteiger partial charge is 0.379 e. The van der Waals surface area contributed by atoms with Gasteiger partial charge in [0.1, 0.15) is 6.54 Å². The predicted octanol–water partition coefficient (Wildman–Crippen LogP) is 1.94. The normalized spacial score (nSPS) is 18.2. The molecule has 0 radical (unpaired) electrons. The van der Waals surface area contributed by atoms with Gasteiger partial charge >= 0.3 is 0 Å². The highest BCUT2D eigenvalue weighted by Gasteiger charge is 2.21. The number of rotatable bonds is 8. The molecular formula is C17H33IN4O2. The van der Waals surface area contributed by atoms with Crippen LogP contribution >= 0.6 is 24.0 Å². The summed E-state index contributed by atoms with van der Waals surface area (Å²) in [6, 6.07) is 0.484. The lowest BCUT2D eigenvalue weighted by molar-refractivity contribution is -0.127. The van der Waals surface area contributed by atoms with Crippen molar-refractivity contribution in [3.63, 3.8) is 0 Å². The van der Waals surface area contributed by atoms with Crippen LogP contribution in [-0.2, 0) is 9.53 Å². The lowest BCUT2D eigenvalue weighted by Crippen LogP contribution is -2.45. The van der Waals surface area contributed by atoms with E-state index in [4.69, 9.17) is 4.74 Å². The first kappa shape index (κ1) is 21.5. The molecule has 2 rings (SSSR count). The number of halogens is 1. The van der Waals surface area contributed by atoms with Crippen molar-refractivity contribution in [1.82, 2.24) is 15.1 Å². The summed E-state index contributed by atoms with van der Waals surface area (Å²) in [7, 11) is 5.54. The van der Waals surface area contributed by atoms with Crippen molar-refractivity contribution < 1.29 is 9.53 Å². The van der Waals surface area contributed by atoms with Gasteiger partial charge in [-0.15, -0.1) is 24.0 Å². The molecule has 0 atom stereocenters. The molecule has 2 saturated carbocycles. The van der Waals surface area contributed by atoms with E-state index in [0.717, 1.165) is 25.0 Å². The monoisotopic (exact) mass is 452 g/mol. The molecule has 0 spiro atoms. The Kier molecular flexibility index (Phi) is 9.95. The Balaban J connectivity index is 0.00000288. The second-order valence-corrected chi connectivity index (χ2v) is 6.99. The van der Waals surface area contributed by atoms with E-state index in [0.29, 0.717) is 12.6 Å². The van der Waals surface area contributed by atoms with Crippen LogP contribution < -0.4 is 5.32 Å². The molecule has 0 heterocycles. The molecule has 2 fully saturated rings. The number of aliphatic imine (C=N–C) groups is 1. The summed E-state index contributed by atoms with van der Waals surface area (Å²) in [5.41, 5.74) is 0. The molecule has 0 aromatic carbocycles. The SMILES string of the molecule is CN(C)C(=O)CN=C(NC1CCCC1)N(C)CCOCC1CC1.I. The minimum atomic E-state index is 0. The molecule has 2 aliphatic carbocycles. The fraction of sp³-hybridized carbons (Fsp3) is 0.882. The maximum absolute atomic E-state index is 11.8. The van der Waals surface area contributed by atoms with Crippen LogP contribution in [0.4, 0.5) is 0 Å². The number of likely N-dealkylation sites (N-methyl/N-ethyl adjacent to an activating group) is 2. The van der Waals surface area contributed by atoms with Crippen molar-refractivity contribution in [2.45, 2.75) is 44.6 Å². The maximum Gasteiger partial charge on any atom is 0.243 e. The van der Waals surface area contributed by atoms with Gasteiger partial charge in [0.25, 0.3) is 0 Å². The van der Waals surface area contributed by atoms with Gasteiger partial charge in [-0.2, -0.15) is 0 Å². The summed E-state index contributed by atoms with van der Waals surface area (Å²) < 4.78 is 5.71. The number of ether oxygens (including phenoxy) is 1. The van der Waals surface area contributed by atoms with Gasteiger partial charge in [0.05, 0.1) is 6.61 Å². The van der Waals surface area contributed by atoms with E-state index in [1.54, 1.807) is 19.0 Å². The molecule has 2 aliphatic rings. The molecule has 0 aromatic heterocycles. The Hall–Kier alpha value is -0.570. The lowest BCUT2D eigenvalue weighted by atomic mass is 10.2. The zero-order valence-electron chi connectivity index (χ0n) is 15.3. The fourth-order valence-electron chi connectivity index (χ4n) is 2.66. The average molecular weight is 452 g/mol. The third-order valence-corrected chi connectivity index (χ3v) is 4.53. The van der Waals surface area contributed by atoms with Gasteiger partial charge in [-0.05, 0) is 31.6 Å². The molecule has 0 bridgehead atoms. The molecule has 0 unspecified atom stereocenters. The maximum atomic E-state index is 11.8. The van der Waals surface area contributed by atoms with Crippen molar-refractivity contribution in [3.05, 3.63) is 0 Å². The summed E-state index contributed by atoms with van der Waals surface area (Å²) in [4.78, 5) is 20.0. The van der Waals surface area contributed by atoms with Gasteiger partial charge in [0.2, 0.25) is 5.91 Å². The first-order valence-corrected chi connectivity index (χ1v) is 8.86. The highest BCUT2D eigenvalue weighted by atomic mass is 127. The number of carbonyl (C=O) groups is 1. The number of hydrogen-bond acceptors (Lipinski definition) is 3. The molecule has 0 aromatic rings. The van der Waals surface area contributed by atoms with Crippen molar-refractivity contribution >= 4 is 35.8 Å². The molecule has 24 heavy (non-hydrogen) atoms. The molecule has 1 amide bonds. The molecule has 0 saturated heterocycles. The van der Waals surface area contributed by atoms with Crippen LogP contribution in [0.15, 0.2) is 4.99 Å². The Morgan fingerprint density at radius 3 is 2.42 bits per heavy atom. The van der Waals surface area contributed by atoms with Gasteiger partial charge in [-0.25, -0.2) is 4.99 Å². The van der Waals surface area contributed by atoms with Crippen molar-refractivity contribution in [2.24, 2.45) is 10.9 Å². The number of hydrogen-bond donors (Lipinski definition) is 1. The van der Waals surface area contributed by atoms with Crippen LogP contribution in [-0.4, -0.2) is 75.2 Å². The van der Waals surface area contributed by atoms with E-state index >= 15 is 0 Å². The summed E-state index contributed by atoms with van der Waals surface area (Å²) in [6.45, 7) is 2.58. The summed E-state index contributed by atoms with van der Waals surface area (Å²) in [5, 5.41) is 3.52. The third kappa shape index (κ3) is 8.00. The number of nitrogens with one attached hydrogen (secondary N) is 1. The second-order valence-electron chi connectivity index (χ2n) is 6.99. The minimum Gasteiger partial charge on any atom is -0.379 e. The summed E-state index contributed by atoms with van der Waals surface area (Å²) in [5.74, 6) is 1.64. The molecule has 6 nitrogen and oxygen atoms in total. The van der Waals surface area contributed by atoms with Gasteiger partial charge in [0.15, 0.2) is 5.96 Å². The van der Waals surface area contributed by atoms with Gasteiger partial charge in [-0.3, -0.25) is 4.79 Å². The zero-order valence-corrected chi connectivity index (χ0v) is 17.6. The highest BCUT2D eigenvalue weighted by Crippen LogP contribution is 2.28. The number of amides is 1. The van der Waals surface area contributed by atoms with Crippen LogP contribution in [0.2, 0.25) is 0 Å². The number of carbonyl (C=O) groups excluding carboxylic acids is 1. The van der Waals surface area contributed by atoms with E-state index in [-0.39, 0.29) is 36.4 Å². The van der Waals surface area contributed by atoms with E-state index < -0.39 is 0 Å². The molecule has 140 valence electrons. The van der Waals surface area contributed by atoms with E-state index in [9.17, 15) is 4.79 Å². The molecular weight excluding hydrogens is 419 g/mol.